The van der Waals surface area contributed by atoms with Crippen LogP contribution >= 0.6 is 11.6 Å². The van der Waals surface area contributed by atoms with E-state index in [0.717, 1.165) is 16.7 Å². The standard InChI is InChI=1S/C32H33ClN2O4/c33-28-18-16-24(17-19-28)21-34-30(36)20-27-14-8-3-9-15-31(37)39-29(26-12-6-2-7-13-26)23-35(32(27)38)22-25-10-4-1-5-11-25/h1-8,10-13,16-19,27,29H,9,14-15,20-23H2,(H,34,36)/t27-,29-/m0/s1. The molecule has 0 spiro atoms. The van der Waals surface area contributed by atoms with E-state index in [1.165, 1.54) is 0 Å². The molecule has 4 rings (SSSR count). The van der Waals surface area contributed by atoms with Gasteiger partial charge >= 0.3 is 5.97 Å². The zero-order chi connectivity index (χ0) is 27.5. The third kappa shape index (κ3) is 8.82. The van der Waals surface area contributed by atoms with Crippen LogP contribution < -0.4 is 5.32 Å². The van der Waals surface area contributed by atoms with Crippen LogP contribution in [0.25, 0.3) is 0 Å². The molecule has 7 heteroatoms. The van der Waals surface area contributed by atoms with Crippen molar-refractivity contribution in [3.8, 4) is 0 Å². The number of cyclic esters (lactones) is 1. The molecular formula is C32H33ClN2O4. The first-order chi connectivity index (χ1) is 19.0. The highest BCUT2D eigenvalue weighted by Gasteiger charge is 2.30. The predicted octanol–water partition coefficient (Wildman–Crippen LogP) is 6.02. The van der Waals surface area contributed by atoms with Gasteiger partial charge in [0.25, 0.3) is 0 Å². The number of hydrogen-bond donors (Lipinski definition) is 1. The van der Waals surface area contributed by atoms with Crippen LogP contribution in [0.1, 0.15) is 48.5 Å². The summed E-state index contributed by atoms with van der Waals surface area (Å²) in [5.74, 6) is -1.21. The lowest BCUT2D eigenvalue weighted by Gasteiger charge is -2.31. The molecule has 0 bridgehead atoms. The molecule has 3 aromatic rings. The van der Waals surface area contributed by atoms with Crippen molar-refractivity contribution in [1.82, 2.24) is 10.2 Å². The molecule has 39 heavy (non-hydrogen) atoms. The molecule has 6 nitrogen and oxygen atoms in total. The summed E-state index contributed by atoms with van der Waals surface area (Å²) < 4.78 is 5.88. The number of nitrogens with zero attached hydrogens (tertiary/aromatic N) is 1. The molecule has 0 aliphatic carbocycles. The zero-order valence-corrected chi connectivity index (χ0v) is 22.6. The maximum absolute atomic E-state index is 14.0. The first-order valence-corrected chi connectivity index (χ1v) is 13.6. The van der Waals surface area contributed by atoms with E-state index < -0.39 is 12.0 Å². The summed E-state index contributed by atoms with van der Waals surface area (Å²) in [7, 11) is 0. The van der Waals surface area contributed by atoms with Crippen molar-refractivity contribution in [3.05, 3.63) is 119 Å². The number of allylic oxidation sites excluding steroid dienone is 2. The average Bonchev–Trinajstić information content (AvgIpc) is 2.95. The summed E-state index contributed by atoms with van der Waals surface area (Å²) in [6, 6.07) is 26.4. The van der Waals surface area contributed by atoms with Crippen molar-refractivity contribution < 1.29 is 19.1 Å². The first-order valence-electron chi connectivity index (χ1n) is 13.2. The third-order valence-electron chi connectivity index (χ3n) is 6.65. The minimum absolute atomic E-state index is 0.0534. The van der Waals surface area contributed by atoms with E-state index in [1.54, 1.807) is 17.0 Å². The van der Waals surface area contributed by atoms with Crippen molar-refractivity contribution in [1.29, 1.82) is 0 Å². The summed E-state index contributed by atoms with van der Waals surface area (Å²) in [5.41, 5.74) is 2.70. The molecule has 0 saturated heterocycles. The van der Waals surface area contributed by atoms with Gasteiger partial charge in [-0.3, -0.25) is 14.4 Å². The van der Waals surface area contributed by atoms with E-state index in [4.69, 9.17) is 16.3 Å². The molecule has 1 aliphatic rings. The molecule has 1 aliphatic heterocycles. The second-order valence-electron chi connectivity index (χ2n) is 9.64. The maximum atomic E-state index is 14.0. The van der Waals surface area contributed by atoms with Gasteiger partial charge in [-0.15, -0.1) is 0 Å². The van der Waals surface area contributed by atoms with Crippen LogP contribution in [0.2, 0.25) is 5.02 Å². The number of halogens is 1. The Morgan fingerprint density at radius 2 is 1.59 bits per heavy atom. The molecule has 1 N–H and O–H groups in total. The van der Waals surface area contributed by atoms with Crippen LogP contribution in [0.15, 0.2) is 97.1 Å². The van der Waals surface area contributed by atoms with Crippen molar-refractivity contribution in [2.24, 2.45) is 5.92 Å². The lowest BCUT2D eigenvalue weighted by molar-refractivity contribution is -0.153. The molecule has 0 fully saturated rings. The summed E-state index contributed by atoms with van der Waals surface area (Å²) >= 11 is 5.96. The van der Waals surface area contributed by atoms with Crippen LogP contribution in [0.3, 0.4) is 0 Å². The number of ether oxygens (including phenoxy) is 1. The van der Waals surface area contributed by atoms with Gasteiger partial charge in [0.05, 0.1) is 12.5 Å². The van der Waals surface area contributed by atoms with Gasteiger partial charge < -0.3 is 15.0 Å². The number of carbonyl (C=O) groups is 3. The smallest absolute Gasteiger partial charge is 0.306 e. The van der Waals surface area contributed by atoms with E-state index in [2.05, 4.69) is 5.32 Å². The van der Waals surface area contributed by atoms with Gasteiger partial charge in [0.1, 0.15) is 6.10 Å². The van der Waals surface area contributed by atoms with Crippen LogP contribution in [-0.2, 0) is 32.2 Å². The number of hydrogen-bond acceptors (Lipinski definition) is 4. The third-order valence-corrected chi connectivity index (χ3v) is 6.90. The highest BCUT2D eigenvalue weighted by molar-refractivity contribution is 6.30. The van der Waals surface area contributed by atoms with Gasteiger partial charge in [0, 0.05) is 31.0 Å². The number of nitrogens with one attached hydrogen (secondary N) is 1. The minimum atomic E-state index is -0.617. The molecule has 3 aromatic carbocycles. The Morgan fingerprint density at radius 3 is 2.31 bits per heavy atom. The fourth-order valence-electron chi connectivity index (χ4n) is 4.54. The fraction of sp³-hybridized carbons (Fsp3) is 0.281. The van der Waals surface area contributed by atoms with Gasteiger partial charge in [-0.05, 0) is 41.7 Å². The van der Waals surface area contributed by atoms with Gasteiger partial charge in [-0.25, -0.2) is 0 Å². The number of esters is 1. The van der Waals surface area contributed by atoms with Gasteiger partial charge in [-0.1, -0.05) is 96.5 Å². The van der Waals surface area contributed by atoms with Crippen molar-refractivity contribution in [2.75, 3.05) is 6.54 Å². The lowest BCUT2D eigenvalue weighted by Crippen LogP contribution is -2.41. The Bertz CT molecular complexity index is 1260. The van der Waals surface area contributed by atoms with Crippen molar-refractivity contribution >= 4 is 29.4 Å². The van der Waals surface area contributed by atoms with E-state index in [1.807, 2.05) is 84.9 Å². The van der Waals surface area contributed by atoms with Gasteiger partial charge in [-0.2, -0.15) is 0 Å². The first kappa shape index (κ1) is 28.1. The van der Waals surface area contributed by atoms with E-state index in [9.17, 15) is 14.4 Å². The van der Waals surface area contributed by atoms with Crippen LogP contribution in [0, 0.1) is 5.92 Å². The Balaban J connectivity index is 1.56. The zero-order valence-electron chi connectivity index (χ0n) is 21.8. The van der Waals surface area contributed by atoms with Crippen LogP contribution in [0.4, 0.5) is 0 Å². The van der Waals surface area contributed by atoms with Crippen molar-refractivity contribution in [2.45, 2.75) is 44.9 Å². The largest absolute Gasteiger partial charge is 0.456 e. The summed E-state index contributed by atoms with van der Waals surface area (Å²) in [6.07, 6.45) is 4.37. The predicted molar refractivity (Wildman–Crippen MR) is 152 cm³/mol. The van der Waals surface area contributed by atoms with E-state index in [-0.39, 0.29) is 37.2 Å². The monoisotopic (exact) mass is 544 g/mol. The Labute approximate surface area is 234 Å². The molecule has 0 saturated carbocycles. The quantitative estimate of drug-likeness (QED) is 0.292. The second-order valence-corrected chi connectivity index (χ2v) is 10.1. The Hall–Kier alpha value is -3.90. The molecule has 0 radical (unpaired) electrons. The summed E-state index contributed by atoms with van der Waals surface area (Å²) in [4.78, 5) is 41.3. The van der Waals surface area contributed by atoms with Gasteiger partial charge in [0.15, 0.2) is 0 Å². The normalized spacial score (nSPS) is 18.5. The Kier molecular flexibility index (Phi) is 10.3. The second kappa shape index (κ2) is 14.3. The molecular weight excluding hydrogens is 512 g/mol. The molecule has 202 valence electrons. The number of rotatable bonds is 7. The highest BCUT2D eigenvalue weighted by atomic mass is 35.5. The molecule has 2 amide bonds. The SMILES string of the molecule is O=C(C[C@@H]1CC=CCCC(=O)O[C@H](c2ccccc2)CN(Cc2ccccc2)C1=O)NCc1ccc(Cl)cc1. The topological polar surface area (TPSA) is 75.7 Å². The maximum Gasteiger partial charge on any atom is 0.306 e. The number of carbonyl (C=O) groups excluding carboxylic acids is 3. The number of amides is 2. The number of benzene rings is 3. The molecule has 0 unspecified atom stereocenters. The highest BCUT2D eigenvalue weighted by Crippen LogP contribution is 2.25. The average molecular weight is 545 g/mol. The van der Waals surface area contributed by atoms with E-state index >= 15 is 0 Å². The molecule has 0 aromatic heterocycles. The fourth-order valence-corrected chi connectivity index (χ4v) is 4.67. The van der Waals surface area contributed by atoms with E-state index in [0.29, 0.717) is 31.0 Å². The summed E-state index contributed by atoms with van der Waals surface area (Å²) in [6.45, 7) is 0.885. The van der Waals surface area contributed by atoms with Gasteiger partial charge in [0.2, 0.25) is 11.8 Å². The molecule has 1 heterocycles. The lowest BCUT2D eigenvalue weighted by atomic mass is 9.97. The summed E-state index contributed by atoms with van der Waals surface area (Å²) in [5, 5.41) is 3.56. The van der Waals surface area contributed by atoms with Crippen molar-refractivity contribution in [3.63, 3.8) is 0 Å². The Morgan fingerprint density at radius 1 is 0.897 bits per heavy atom. The van der Waals surface area contributed by atoms with Crippen LogP contribution in [0.5, 0.6) is 0 Å². The minimum Gasteiger partial charge on any atom is -0.456 e. The molecule has 2 atom stereocenters. The van der Waals surface area contributed by atoms with Crippen LogP contribution in [-0.4, -0.2) is 29.2 Å².